The largest absolute Gasteiger partial charge is 0.327 e. The van der Waals surface area contributed by atoms with Gasteiger partial charge in [-0.25, -0.2) is 0 Å². The van der Waals surface area contributed by atoms with Crippen LogP contribution in [0.5, 0.6) is 0 Å². The number of nitrogens with zero attached hydrogens (tertiary/aromatic N) is 2. The lowest BCUT2D eigenvalue weighted by atomic mass is 9.89. The fourth-order valence-electron chi connectivity index (χ4n) is 2.07. The van der Waals surface area contributed by atoms with Crippen molar-refractivity contribution in [1.82, 2.24) is 4.90 Å². The van der Waals surface area contributed by atoms with Crippen LogP contribution in [0.2, 0.25) is 0 Å². The number of piperidine rings is 1. The van der Waals surface area contributed by atoms with Crippen LogP contribution < -0.4 is 5.73 Å². The van der Waals surface area contributed by atoms with Gasteiger partial charge in [-0.2, -0.15) is 5.26 Å². The topological polar surface area (TPSA) is 53.0 Å². The third-order valence-electron chi connectivity index (χ3n) is 2.90. The second-order valence-electron chi connectivity index (χ2n) is 5.30. The van der Waals surface area contributed by atoms with E-state index in [2.05, 4.69) is 31.7 Å². The number of nitrogens with two attached hydrogens (primary N) is 1. The zero-order chi connectivity index (χ0) is 10.8. The van der Waals surface area contributed by atoms with E-state index in [1.54, 1.807) is 0 Å². The first-order valence-corrected chi connectivity index (χ1v) is 5.31. The summed E-state index contributed by atoms with van der Waals surface area (Å²) in [6.07, 6.45) is 1.64. The van der Waals surface area contributed by atoms with E-state index in [0.29, 0.717) is 12.3 Å². The molecule has 0 bridgehead atoms. The van der Waals surface area contributed by atoms with Gasteiger partial charge in [0.25, 0.3) is 0 Å². The second kappa shape index (κ2) is 4.29. The summed E-state index contributed by atoms with van der Waals surface area (Å²) in [7, 11) is 0. The van der Waals surface area contributed by atoms with Gasteiger partial charge in [0.05, 0.1) is 6.07 Å². The minimum Gasteiger partial charge on any atom is -0.327 e. The Balaban J connectivity index is 2.59. The Kier molecular flexibility index (Phi) is 3.52. The standard InChI is InChI=1S/C11H21N3/c1-11(2,3)14-7-9(4-5-12)6-10(13)8-14/h9-10H,4,6-8,13H2,1-3H3/t9-,10-/m1/s1. The molecule has 0 aromatic rings. The summed E-state index contributed by atoms with van der Waals surface area (Å²) in [5, 5.41) is 8.68. The van der Waals surface area contributed by atoms with Crippen molar-refractivity contribution in [2.24, 2.45) is 11.7 Å². The molecule has 2 N–H and O–H groups in total. The lowest BCUT2D eigenvalue weighted by Crippen LogP contribution is -2.54. The molecule has 80 valence electrons. The van der Waals surface area contributed by atoms with Crippen LogP contribution in [-0.2, 0) is 0 Å². The van der Waals surface area contributed by atoms with Gasteiger partial charge >= 0.3 is 0 Å². The van der Waals surface area contributed by atoms with E-state index in [-0.39, 0.29) is 11.6 Å². The molecular weight excluding hydrogens is 174 g/mol. The van der Waals surface area contributed by atoms with Crippen molar-refractivity contribution in [1.29, 1.82) is 5.26 Å². The predicted molar refractivity (Wildman–Crippen MR) is 57.6 cm³/mol. The molecule has 0 aromatic carbocycles. The van der Waals surface area contributed by atoms with Crippen molar-refractivity contribution in [2.75, 3.05) is 13.1 Å². The summed E-state index contributed by atoms with van der Waals surface area (Å²) < 4.78 is 0. The fourth-order valence-corrected chi connectivity index (χ4v) is 2.07. The van der Waals surface area contributed by atoms with Crippen LogP contribution in [0, 0.1) is 17.2 Å². The lowest BCUT2D eigenvalue weighted by Gasteiger charge is -2.43. The van der Waals surface area contributed by atoms with Gasteiger partial charge in [-0.3, -0.25) is 4.90 Å². The van der Waals surface area contributed by atoms with Gasteiger partial charge in [0.2, 0.25) is 0 Å². The highest BCUT2D eigenvalue weighted by molar-refractivity contribution is 4.90. The average Bonchev–Trinajstić information content (AvgIpc) is 2.02. The maximum atomic E-state index is 8.68. The summed E-state index contributed by atoms with van der Waals surface area (Å²) in [5.41, 5.74) is 6.16. The minimum atomic E-state index is 0.172. The van der Waals surface area contributed by atoms with Gasteiger partial charge in [-0.15, -0.1) is 0 Å². The van der Waals surface area contributed by atoms with Crippen LogP contribution in [0.4, 0.5) is 0 Å². The van der Waals surface area contributed by atoms with Gasteiger partial charge in [-0.1, -0.05) is 0 Å². The molecule has 0 aromatic heterocycles. The molecule has 3 nitrogen and oxygen atoms in total. The maximum absolute atomic E-state index is 8.68. The predicted octanol–water partition coefficient (Wildman–Crippen LogP) is 1.35. The highest BCUT2D eigenvalue weighted by atomic mass is 15.2. The Labute approximate surface area is 86.9 Å². The molecule has 0 radical (unpaired) electrons. The minimum absolute atomic E-state index is 0.172. The molecule has 0 spiro atoms. The van der Waals surface area contributed by atoms with E-state index in [4.69, 9.17) is 11.0 Å². The Morgan fingerprint density at radius 3 is 2.57 bits per heavy atom. The van der Waals surface area contributed by atoms with E-state index in [1.165, 1.54) is 0 Å². The Morgan fingerprint density at radius 1 is 1.43 bits per heavy atom. The summed E-state index contributed by atoms with van der Waals surface area (Å²) in [6, 6.07) is 2.49. The first kappa shape index (κ1) is 11.5. The van der Waals surface area contributed by atoms with E-state index >= 15 is 0 Å². The van der Waals surface area contributed by atoms with E-state index < -0.39 is 0 Å². The first-order valence-electron chi connectivity index (χ1n) is 5.31. The van der Waals surface area contributed by atoms with Crippen LogP contribution in [0.3, 0.4) is 0 Å². The Hall–Kier alpha value is -0.590. The zero-order valence-corrected chi connectivity index (χ0v) is 9.45. The normalized spacial score (nSPS) is 29.9. The number of nitriles is 1. The summed E-state index contributed by atoms with van der Waals surface area (Å²) in [4.78, 5) is 2.39. The zero-order valence-electron chi connectivity index (χ0n) is 9.45. The molecule has 1 heterocycles. The SMILES string of the molecule is CC(C)(C)N1C[C@H](N)C[C@@H](CC#N)C1. The van der Waals surface area contributed by atoms with Crippen molar-refractivity contribution < 1.29 is 0 Å². The fraction of sp³-hybridized carbons (Fsp3) is 0.909. The Bertz CT molecular complexity index is 224. The van der Waals surface area contributed by atoms with Gasteiger partial charge in [-0.05, 0) is 33.1 Å². The monoisotopic (exact) mass is 195 g/mol. The molecule has 2 atom stereocenters. The summed E-state index contributed by atoms with van der Waals surface area (Å²) in [6.45, 7) is 8.59. The Morgan fingerprint density at radius 2 is 2.07 bits per heavy atom. The maximum Gasteiger partial charge on any atom is 0.0625 e. The molecule has 0 saturated carbocycles. The number of likely N-dealkylation sites (tertiary alicyclic amines) is 1. The van der Waals surface area contributed by atoms with Crippen LogP contribution in [0.15, 0.2) is 0 Å². The quantitative estimate of drug-likeness (QED) is 0.687. The van der Waals surface area contributed by atoms with Crippen molar-refractivity contribution in [3.63, 3.8) is 0 Å². The summed E-state index contributed by atoms with van der Waals surface area (Å²) in [5.74, 6) is 0.461. The molecule has 1 rings (SSSR count). The lowest BCUT2D eigenvalue weighted by molar-refractivity contribution is 0.0692. The van der Waals surface area contributed by atoms with E-state index in [1.807, 2.05) is 0 Å². The van der Waals surface area contributed by atoms with Gasteiger partial charge in [0, 0.05) is 31.1 Å². The molecule has 0 amide bonds. The molecule has 0 unspecified atom stereocenters. The molecule has 3 heteroatoms. The van der Waals surface area contributed by atoms with Gasteiger partial charge < -0.3 is 5.73 Å². The molecule has 1 saturated heterocycles. The average molecular weight is 195 g/mol. The van der Waals surface area contributed by atoms with E-state index in [9.17, 15) is 0 Å². The van der Waals surface area contributed by atoms with Crippen molar-refractivity contribution >= 4 is 0 Å². The van der Waals surface area contributed by atoms with Crippen LogP contribution in [0.1, 0.15) is 33.6 Å². The van der Waals surface area contributed by atoms with Gasteiger partial charge in [0.1, 0.15) is 0 Å². The summed E-state index contributed by atoms with van der Waals surface area (Å²) >= 11 is 0. The highest BCUT2D eigenvalue weighted by Crippen LogP contribution is 2.24. The highest BCUT2D eigenvalue weighted by Gasteiger charge is 2.31. The van der Waals surface area contributed by atoms with Crippen molar-refractivity contribution in [2.45, 2.75) is 45.2 Å². The van der Waals surface area contributed by atoms with Gasteiger partial charge in [0.15, 0.2) is 0 Å². The van der Waals surface area contributed by atoms with E-state index in [0.717, 1.165) is 19.5 Å². The van der Waals surface area contributed by atoms with Crippen molar-refractivity contribution in [3.05, 3.63) is 0 Å². The second-order valence-corrected chi connectivity index (χ2v) is 5.30. The number of hydrogen-bond acceptors (Lipinski definition) is 3. The smallest absolute Gasteiger partial charge is 0.0625 e. The van der Waals surface area contributed by atoms with Crippen molar-refractivity contribution in [3.8, 4) is 6.07 Å². The molecule has 1 aliphatic rings. The molecule has 1 aliphatic heterocycles. The number of rotatable bonds is 1. The molecule has 14 heavy (non-hydrogen) atoms. The molecule has 1 fully saturated rings. The molecule has 0 aliphatic carbocycles. The first-order chi connectivity index (χ1) is 6.43. The number of hydrogen-bond donors (Lipinski definition) is 1. The van der Waals surface area contributed by atoms with Crippen LogP contribution in [0.25, 0.3) is 0 Å². The third-order valence-corrected chi connectivity index (χ3v) is 2.90. The van der Waals surface area contributed by atoms with Crippen LogP contribution >= 0.6 is 0 Å². The van der Waals surface area contributed by atoms with Crippen LogP contribution in [-0.4, -0.2) is 29.6 Å². The third kappa shape index (κ3) is 2.97. The molecular formula is C11H21N3.